The van der Waals surface area contributed by atoms with Crippen molar-refractivity contribution >= 4 is 29.1 Å². The molecule has 0 aliphatic rings. The van der Waals surface area contributed by atoms with Gasteiger partial charge in [0.05, 0.1) is 23.0 Å². The van der Waals surface area contributed by atoms with Gasteiger partial charge in [0.25, 0.3) is 0 Å². The molecule has 1 heterocycles. The molecule has 0 fully saturated rings. The molecule has 0 radical (unpaired) electrons. The lowest BCUT2D eigenvalue weighted by molar-refractivity contribution is -0.120. The standard InChI is InChI=1S/C12H11Cl2N3O/c13-9-2-1-8(5-10(9)14)6-12(18)17-7-11-15-3-4-16-11/h1-5H,6-7H2,(H,15,16)(H,17,18). The van der Waals surface area contributed by atoms with Crippen molar-refractivity contribution in [1.82, 2.24) is 15.3 Å². The van der Waals surface area contributed by atoms with Gasteiger partial charge in [-0.05, 0) is 17.7 Å². The minimum atomic E-state index is -0.0928. The van der Waals surface area contributed by atoms with Crippen LogP contribution in [0.1, 0.15) is 11.4 Å². The lowest BCUT2D eigenvalue weighted by Gasteiger charge is -2.04. The molecular formula is C12H11Cl2N3O. The highest BCUT2D eigenvalue weighted by molar-refractivity contribution is 6.42. The topological polar surface area (TPSA) is 57.8 Å². The Morgan fingerprint density at radius 1 is 1.33 bits per heavy atom. The summed E-state index contributed by atoms with van der Waals surface area (Å²) in [4.78, 5) is 18.6. The number of benzene rings is 1. The Balaban J connectivity index is 1.88. The summed E-state index contributed by atoms with van der Waals surface area (Å²) in [5.41, 5.74) is 0.821. The number of hydrogen-bond acceptors (Lipinski definition) is 2. The third-order valence-electron chi connectivity index (χ3n) is 2.36. The third-order valence-corrected chi connectivity index (χ3v) is 3.10. The highest BCUT2D eigenvalue weighted by atomic mass is 35.5. The number of halogens is 2. The van der Waals surface area contributed by atoms with Crippen molar-refractivity contribution in [1.29, 1.82) is 0 Å². The summed E-state index contributed by atoms with van der Waals surface area (Å²) in [7, 11) is 0. The number of carbonyl (C=O) groups excluding carboxylic acids is 1. The van der Waals surface area contributed by atoms with Gasteiger partial charge >= 0.3 is 0 Å². The van der Waals surface area contributed by atoms with E-state index in [0.717, 1.165) is 11.4 Å². The third kappa shape index (κ3) is 3.48. The van der Waals surface area contributed by atoms with Crippen LogP contribution in [0.4, 0.5) is 0 Å². The van der Waals surface area contributed by atoms with Crippen LogP contribution in [0.2, 0.25) is 10.0 Å². The van der Waals surface area contributed by atoms with E-state index in [9.17, 15) is 4.79 Å². The fourth-order valence-electron chi connectivity index (χ4n) is 1.47. The molecule has 0 atom stereocenters. The number of imidazole rings is 1. The molecule has 6 heteroatoms. The zero-order valence-corrected chi connectivity index (χ0v) is 10.9. The molecule has 1 aromatic heterocycles. The van der Waals surface area contributed by atoms with Gasteiger partial charge in [-0.3, -0.25) is 4.79 Å². The molecule has 2 aromatic rings. The van der Waals surface area contributed by atoms with E-state index in [1.165, 1.54) is 0 Å². The second-order valence-corrected chi connectivity index (χ2v) is 4.55. The predicted octanol–water partition coefficient (Wildman–Crippen LogP) is 2.58. The van der Waals surface area contributed by atoms with Crippen LogP contribution in [0.5, 0.6) is 0 Å². The largest absolute Gasteiger partial charge is 0.349 e. The van der Waals surface area contributed by atoms with E-state index in [4.69, 9.17) is 23.2 Å². The first-order chi connectivity index (χ1) is 8.65. The maximum Gasteiger partial charge on any atom is 0.224 e. The first-order valence-electron chi connectivity index (χ1n) is 5.34. The van der Waals surface area contributed by atoms with E-state index >= 15 is 0 Å². The molecule has 0 aliphatic heterocycles. The molecule has 1 amide bonds. The molecule has 0 saturated heterocycles. The Kier molecular flexibility index (Phi) is 4.23. The van der Waals surface area contributed by atoms with Gasteiger partial charge in [-0.2, -0.15) is 0 Å². The van der Waals surface area contributed by atoms with Crippen molar-refractivity contribution in [2.45, 2.75) is 13.0 Å². The number of aromatic amines is 1. The molecule has 0 unspecified atom stereocenters. The molecule has 2 N–H and O–H groups in total. The maximum atomic E-state index is 11.7. The number of rotatable bonds is 4. The Hall–Kier alpha value is -1.52. The Bertz CT molecular complexity index is 540. The van der Waals surface area contributed by atoms with Gasteiger partial charge in [0, 0.05) is 12.4 Å². The van der Waals surface area contributed by atoms with Gasteiger partial charge in [-0.1, -0.05) is 29.3 Å². The number of aromatic nitrogens is 2. The van der Waals surface area contributed by atoms with E-state index in [0.29, 0.717) is 16.6 Å². The first-order valence-corrected chi connectivity index (χ1v) is 6.09. The summed E-state index contributed by atoms with van der Waals surface area (Å²) >= 11 is 11.7. The van der Waals surface area contributed by atoms with Gasteiger partial charge in [0.1, 0.15) is 5.82 Å². The predicted molar refractivity (Wildman–Crippen MR) is 70.6 cm³/mol. The fraction of sp³-hybridized carbons (Fsp3) is 0.167. The highest BCUT2D eigenvalue weighted by Crippen LogP contribution is 2.22. The molecule has 1 aromatic carbocycles. The van der Waals surface area contributed by atoms with Gasteiger partial charge in [-0.15, -0.1) is 0 Å². The minimum Gasteiger partial charge on any atom is -0.349 e. The SMILES string of the molecule is O=C(Cc1ccc(Cl)c(Cl)c1)NCc1ncc[nH]1. The average Bonchev–Trinajstić information content (AvgIpc) is 2.84. The van der Waals surface area contributed by atoms with Crippen LogP contribution in [-0.4, -0.2) is 15.9 Å². The molecule has 0 aliphatic carbocycles. The van der Waals surface area contributed by atoms with Crippen molar-refractivity contribution in [2.24, 2.45) is 0 Å². The smallest absolute Gasteiger partial charge is 0.224 e. The summed E-state index contributed by atoms with van der Waals surface area (Å²) in [6, 6.07) is 5.15. The Labute approximate surface area is 114 Å². The van der Waals surface area contributed by atoms with Crippen molar-refractivity contribution in [3.8, 4) is 0 Å². The van der Waals surface area contributed by atoms with Gasteiger partial charge in [-0.25, -0.2) is 4.98 Å². The summed E-state index contributed by atoms with van der Waals surface area (Å²) in [6.07, 6.45) is 3.61. The summed E-state index contributed by atoms with van der Waals surface area (Å²) < 4.78 is 0. The summed E-state index contributed by atoms with van der Waals surface area (Å²) in [5.74, 6) is 0.627. The number of H-pyrrole nitrogens is 1. The molecule has 0 spiro atoms. The zero-order valence-electron chi connectivity index (χ0n) is 9.41. The Morgan fingerprint density at radius 2 is 2.17 bits per heavy atom. The van der Waals surface area contributed by atoms with E-state index in [1.807, 2.05) is 0 Å². The van der Waals surface area contributed by atoms with Crippen LogP contribution in [-0.2, 0) is 17.8 Å². The number of nitrogens with zero attached hydrogens (tertiary/aromatic N) is 1. The van der Waals surface area contributed by atoms with Crippen LogP contribution in [0.3, 0.4) is 0 Å². The summed E-state index contributed by atoms with van der Waals surface area (Å²) in [5, 5.41) is 3.69. The fourth-order valence-corrected chi connectivity index (χ4v) is 1.80. The van der Waals surface area contributed by atoms with E-state index < -0.39 is 0 Å². The molecule has 4 nitrogen and oxygen atoms in total. The number of amides is 1. The van der Waals surface area contributed by atoms with Crippen LogP contribution in [0, 0.1) is 0 Å². The van der Waals surface area contributed by atoms with E-state index in [2.05, 4.69) is 15.3 Å². The van der Waals surface area contributed by atoms with E-state index in [1.54, 1.807) is 30.6 Å². The lowest BCUT2D eigenvalue weighted by atomic mass is 10.1. The highest BCUT2D eigenvalue weighted by Gasteiger charge is 2.06. The first kappa shape index (κ1) is 12.9. The van der Waals surface area contributed by atoms with Crippen LogP contribution >= 0.6 is 23.2 Å². The molecule has 2 rings (SSSR count). The van der Waals surface area contributed by atoms with Crippen LogP contribution in [0.25, 0.3) is 0 Å². The minimum absolute atomic E-state index is 0.0928. The monoisotopic (exact) mass is 283 g/mol. The van der Waals surface area contributed by atoms with Crippen molar-refractivity contribution < 1.29 is 4.79 Å². The summed E-state index contributed by atoms with van der Waals surface area (Å²) in [6.45, 7) is 0.382. The average molecular weight is 284 g/mol. The second-order valence-electron chi connectivity index (χ2n) is 3.74. The molecule has 0 saturated carbocycles. The van der Waals surface area contributed by atoms with Crippen molar-refractivity contribution in [3.63, 3.8) is 0 Å². The lowest BCUT2D eigenvalue weighted by Crippen LogP contribution is -2.25. The number of hydrogen-bond donors (Lipinski definition) is 2. The zero-order chi connectivity index (χ0) is 13.0. The number of nitrogens with one attached hydrogen (secondary N) is 2. The van der Waals surface area contributed by atoms with Crippen molar-refractivity contribution in [3.05, 3.63) is 52.0 Å². The van der Waals surface area contributed by atoms with E-state index in [-0.39, 0.29) is 12.3 Å². The van der Waals surface area contributed by atoms with Crippen molar-refractivity contribution in [2.75, 3.05) is 0 Å². The van der Waals surface area contributed by atoms with Gasteiger partial charge < -0.3 is 10.3 Å². The normalized spacial score (nSPS) is 10.3. The second kappa shape index (κ2) is 5.89. The van der Waals surface area contributed by atoms with Gasteiger partial charge in [0.2, 0.25) is 5.91 Å². The molecule has 0 bridgehead atoms. The van der Waals surface area contributed by atoms with Crippen LogP contribution < -0.4 is 5.32 Å². The molecule has 94 valence electrons. The Morgan fingerprint density at radius 3 is 2.83 bits per heavy atom. The molecular weight excluding hydrogens is 273 g/mol. The molecule has 18 heavy (non-hydrogen) atoms. The quantitative estimate of drug-likeness (QED) is 0.906. The van der Waals surface area contributed by atoms with Gasteiger partial charge in [0.15, 0.2) is 0 Å². The maximum absolute atomic E-state index is 11.7. The van der Waals surface area contributed by atoms with Crippen LogP contribution in [0.15, 0.2) is 30.6 Å². The number of carbonyl (C=O) groups is 1.